The molecule has 0 aromatic heterocycles. The van der Waals surface area contributed by atoms with Crippen LogP contribution in [0.3, 0.4) is 0 Å². The molecule has 0 saturated heterocycles. The molecule has 0 unspecified atom stereocenters. The average Bonchev–Trinajstić information content (AvgIpc) is 2.71. The van der Waals surface area contributed by atoms with Gasteiger partial charge in [-0.05, 0) is 60.2 Å². The van der Waals surface area contributed by atoms with Gasteiger partial charge >= 0.3 is 0 Å². The van der Waals surface area contributed by atoms with Crippen LogP contribution in [-0.4, -0.2) is 3.23 Å². The molecule has 13 heavy (non-hydrogen) atoms. The lowest BCUT2D eigenvalue weighted by Gasteiger charge is -2.33. The fourth-order valence-corrected chi connectivity index (χ4v) is 9.11. The highest BCUT2D eigenvalue weighted by Gasteiger charge is 2.83. The summed E-state index contributed by atoms with van der Waals surface area (Å²) in [5.41, 5.74) is 0. The highest BCUT2D eigenvalue weighted by molar-refractivity contribution is 9.25. The monoisotopic (exact) mass is 302 g/mol. The first-order valence-electron chi connectivity index (χ1n) is 5.59. The number of halogens is 2. The zero-order valence-electron chi connectivity index (χ0n) is 7.29. The Morgan fingerprint density at radius 2 is 1.23 bits per heavy atom. The maximum Gasteiger partial charge on any atom is 0.0872 e. The third-order valence-corrected chi connectivity index (χ3v) is 8.37. The van der Waals surface area contributed by atoms with Crippen LogP contribution in [-0.2, 0) is 0 Å². The second kappa shape index (κ2) is 1.71. The summed E-state index contributed by atoms with van der Waals surface area (Å²) in [6.07, 6.45) is 3.19. The third kappa shape index (κ3) is 0.480. The van der Waals surface area contributed by atoms with E-state index in [2.05, 4.69) is 31.9 Å². The van der Waals surface area contributed by atoms with Crippen molar-refractivity contribution in [1.29, 1.82) is 0 Å². The van der Waals surface area contributed by atoms with Gasteiger partial charge in [-0.2, -0.15) is 0 Å². The lowest BCUT2D eigenvalue weighted by atomic mass is 9.71. The van der Waals surface area contributed by atoms with Crippen LogP contribution in [0.2, 0.25) is 0 Å². The minimum atomic E-state index is 0.380. The smallest absolute Gasteiger partial charge is 0.0721 e. The largest absolute Gasteiger partial charge is 0.0872 e. The van der Waals surface area contributed by atoms with Crippen molar-refractivity contribution in [1.82, 2.24) is 0 Å². The Hall–Kier alpha value is 0.960. The molecule has 6 rings (SSSR count). The summed E-state index contributed by atoms with van der Waals surface area (Å²) in [7, 11) is 0. The van der Waals surface area contributed by atoms with E-state index in [0.717, 1.165) is 35.5 Å². The number of rotatable bonds is 0. The van der Waals surface area contributed by atoms with Crippen molar-refractivity contribution in [2.24, 2.45) is 47.3 Å². The van der Waals surface area contributed by atoms with E-state index in [1.807, 2.05) is 0 Å². The molecule has 0 radical (unpaired) electrons. The van der Waals surface area contributed by atoms with Crippen molar-refractivity contribution in [3.05, 3.63) is 0 Å². The Balaban J connectivity index is 1.88. The molecule has 0 amide bonds. The SMILES string of the molecule is BrC1(Br)[C@@H]2[C@@H]3C[C@@H]4[C@H]5C[C@@H]([C@@H]42)[C@H]1[C@H]53. The molecular weight excluding hydrogens is 292 g/mol. The van der Waals surface area contributed by atoms with E-state index < -0.39 is 0 Å². The standard InChI is InChI=1S/C11H12Br2/c12-11(13)9-5-1-3-4-2-6(7(3)9)10(11)8(4)5/h3-10H,1-2H2/t3-,4-,5-,6+,7-,8-,9-,10+/m1/s1. The highest BCUT2D eigenvalue weighted by Crippen LogP contribution is 2.87. The van der Waals surface area contributed by atoms with Crippen LogP contribution in [0.5, 0.6) is 0 Å². The Kier molecular flexibility index (Phi) is 0.954. The minimum absolute atomic E-state index is 0.380. The first kappa shape index (κ1) is 7.27. The van der Waals surface area contributed by atoms with E-state index >= 15 is 0 Å². The summed E-state index contributed by atoms with van der Waals surface area (Å²) < 4.78 is 0.380. The predicted molar refractivity (Wildman–Crippen MR) is 57.7 cm³/mol. The van der Waals surface area contributed by atoms with Crippen LogP contribution in [0.25, 0.3) is 0 Å². The molecule has 0 nitrogen and oxygen atoms in total. The molecule has 8 atom stereocenters. The van der Waals surface area contributed by atoms with Crippen molar-refractivity contribution in [2.45, 2.75) is 16.1 Å². The van der Waals surface area contributed by atoms with Gasteiger partial charge in [-0.25, -0.2) is 0 Å². The van der Waals surface area contributed by atoms with Gasteiger partial charge in [0, 0.05) is 0 Å². The summed E-state index contributed by atoms with van der Waals surface area (Å²) in [4.78, 5) is 0. The van der Waals surface area contributed by atoms with Gasteiger partial charge in [0.25, 0.3) is 0 Å². The van der Waals surface area contributed by atoms with Crippen LogP contribution < -0.4 is 0 Å². The Morgan fingerprint density at radius 1 is 0.769 bits per heavy atom. The van der Waals surface area contributed by atoms with E-state index in [-0.39, 0.29) is 0 Å². The second-order valence-electron chi connectivity index (χ2n) is 6.01. The van der Waals surface area contributed by atoms with Gasteiger partial charge < -0.3 is 0 Å². The van der Waals surface area contributed by atoms with Crippen LogP contribution in [0.15, 0.2) is 0 Å². The Morgan fingerprint density at radius 3 is 1.69 bits per heavy atom. The summed E-state index contributed by atoms with van der Waals surface area (Å²) >= 11 is 8.01. The minimum Gasteiger partial charge on any atom is -0.0721 e. The molecule has 6 aliphatic carbocycles. The molecule has 6 fully saturated rings. The zero-order valence-corrected chi connectivity index (χ0v) is 10.5. The molecule has 6 aliphatic rings. The number of hydrogen-bond donors (Lipinski definition) is 0. The maximum atomic E-state index is 4.01. The number of alkyl halides is 2. The van der Waals surface area contributed by atoms with Gasteiger partial charge in [0.2, 0.25) is 0 Å². The lowest BCUT2D eigenvalue weighted by molar-refractivity contribution is 0.132. The molecule has 0 aliphatic heterocycles. The van der Waals surface area contributed by atoms with Gasteiger partial charge in [0.15, 0.2) is 0 Å². The average molecular weight is 304 g/mol. The second-order valence-corrected chi connectivity index (χ2v) is 9.70. The van der Waals surface area contributed by atoms with E-state index in [1.165, 1.54) is 11.8 Å². The van der Waals surface area contributed by atoms with Crippen molar-refractivity contribution in [3.8, 4) is 0 Å². The van der Waals surface area contributed by atoms with E-state index in [4.69, 9.17) is 0 Å². The Labute approximate surface area is 95.1 Å². The highest BCUT2D eigenvalue weighted by atomic mass is 79.9. The maximum absolute atomic E-state index is 4.01. The molecular formula is C11H12Br2. The third-order valence-electron chi connectivity index (χ3n) is 6.26. The molecule has 70 valence electrons. The van der Waals surface area contributed by atoms with Crippen molar-refractivity contribution in [3.63, 3.8) is 0 Å². The van der Waals surface area contributed by atoms with E-state index in [9.17, 15) is 0 Å². The zero-order chi connectivity index (χ0) is 8.53. The first-order valence-corrected chi connectivity index (χ1v) is 7.17. The predicted octanol–water partition coefficient (Wildman–Crippen LogP) is 3.25. The Bertz CT molecular complexity index is 294. The van der Waals surface area contributed by atoms with Crippen LogP contribution in [0.4, 0.5) is 0 Å². The molecule has 2 heteroatoms. The number of hydrogen-bond acceptors (Lipinski definition) is 0. The fraction of sp³-hybridized carbons (Fsp3) is 1.00. The van der Waals surface area contributed by atoms with Gasteiger partial charge in [-0.1, -0.05) is 31.9 Å². The molecule has 0 aromatic rings. The van der Waals surface area contributed by atoms with Gasteiger partial charge in [0.1, 0.15) is 0 Å². The van der Waals surface area contributed by atoms with Gasteiger partial charge in [-0.3, -0.25) is 0 Å². The van der Waals surface area contributed by atoms with Crippen molar-refractivity contribution in [2.75, 3.05) is 0 Å². The van der Waals surface area contributed by atoms with Gasteiger partial charge in [0.05, 0.1) is 3.23 Å². The van der Waals surface area contributed by atoms with Crippen molar-refractivity contribution >= 4 is 31.9 Å². The van der Waals surface area contributed by atoms with Crippen molar-refractivity contribution < 1.29 is 0 Å². The van der Waals surface area contributed by atoms with Crippen LogP contribution in [0.1, 0.15) is 12.8 Å². The molecule has 0 aromatic carbocycles. The van der Waals surface area contributed by atoms with Crippen LogP contribution >= 0.6 is 31.9 Å². The first-order chi connectivity index (χ1) is 6.21. The molecule has 6 bridgehead atoms. The lowest BCUT2D eigenvalue weighted by Crippen LogP contribution is -2.30. The fourth-order valence-electron chi connectivity index (χ4n) is 6.53. The molecule has 0 N–H and O–H groups in total. The molecule has 6 saturated carbocycles. The molecule has 0 spiro atoms. The summed E-state index contributed by atoms with van der Waals surface area (Å²) in [5.74, 6) is 8.83. The van der Waals surface area contributed by atoms with E-state index in [1.54, 1.807) is 12.8 Å². The topological polar surface area (TPSA) is 0 Å². The summed E-state index contributed by atoms with van der Waals surface area (Å²) in [6.45, 7) is 0. The normalized spacial score (nSPS) is 78.0. The molecule has 0 heterocycles. The van der Waals surface area contributed by atoms with E-state index in [0.29, 0.717) is 3.23 Å². The van der Waals surface area contributed by atoms with Crippen LogP contribution in [0, 0.1) is 47.3 Å². The quantitative estimate of drug-likeness (QED) is 0.603. The van der Waals surface area contributed by atoms with Gasteiger partial charge in [-0.15, -0.1) is 0 Å². The summed E-state index contributed by atoms with van der Waals surface area (Å²) in [6, 6.07) is 0. The summed E-state index contributed by atoms with van der Waals surface area (Å²) in [5, 5.41) is 0.